The standard InChI is InChI=1S/C18H22N2O/c1-3-17(16-9-6-14(2)7-10-16)20-18(21)11-8-15-5-4-12-19-13-15/h4-7,9-10,12-13,17H,3,8,11H2,1-2H3,(H,20,21). The SMILES string of the molecule is CCC(NC(=O)CCc1cccnc1)c1ccc(C)cc1. The Balaban J connectivity index is 1.89. The number of carbonyl (C=O) groups excluding carboxylic acids is 1. The zero-order valence-corrected chi connectivity index (χ0v) is 12.7. The van der Waals surface area contributed by atoms with Gasteiger partial charge >= 0.3 is 0 Å². The molecule has 0 aliphatic heterocycles. The number of amides is 1. The quantitative estimate of drug-likeness (QED) is 0.879. The van der Waals surface area contributed by atoms with Crippen LogP contribution in [0.4, 0.5) is 0 Å². The highest BCUT2D eigenvalue weighted by Crippen LogP contribution is 2.17. The molecule has 0 saturated carbocycles. The van der Waals surface area contributed by atoms with Crippen LogP contribution >= 0.6 is 0 Å². The molecule has 110 valence electrons. The van der Waals surface area contributed by atoms with E-state index in [1.165, 1.54) is 5.56 Å². The molecule has 0 aliphatic carbocycles. The second-order valence-corrected chi connectivity index (χ2v) is 5.30. The van der Waals surface area contributed by atoms with Crippen LogP contribution in [0.25, 0.3) is 0 Å². The molecular formula is C18H22N2O. The Morgan fingerprint density at radius 3 is 2.62 bits per heavy atom. The van der Waals surface area contributed by atoms with E-state index in [2.05, 4.69) is 48.4 Å². The first-order valence-electron chi connectivity index (χ1n) is 7.44. The number of benzene rings is 1. The molecule has 0 saturated heterocycles. The first-order chi connectivity index (χ1) is 10.2. The van der Waals surface area contributed by atoms with Crippen molar-refractivity contribution in [3.05, 3.63) is 65.5 Å². The highest BCUT2D eigenvalue weighted by Gasteiger charge is 2.12. The van der Waals surface area contributed by atoms with E-state index in [-0.39, 0.29) is 11.9 Å². The third kappa shape index (κ3) is 4.71. The second kappa shape index (κ2) is 7.58. The summed E-state index contributed by atoms with van der Waals surface area (Å²) in [7, 11) is 0. The number of hydrogen-bond donors (Lipinski definition) is 1. The van der Waals surface area contributed by atoms with Gasteiger partial charge in [0.2, 0.25) is 5.91 Å². The zero-order valence-electron chi connectivity index (χ0n) is 12.7. The lowest BCUT2D eigenvalue weighted by molar-refractivity contribution is -0.121. The summed E-state index contributed by atoms with van der Waals surface area (Å²) in [5, 5.41) is 3.11. The molecular weight excluding hydrogens is 260 g/mol. The highest BCUT2D eigenvalue weighted by atomic mass is 16.1. The number of aromatic nitrogens is 1. The summed E-state index contributed by atoms with van der Waals surface area (Å²) in [6, 6.07) is 12.3. The van der Waals surface area contributed by atoms with Crippen LogP contribution in [0, 0.1) is 6.92 Å². The second-order valence-electron chi connectivity index (χ2n) is 5.30. The van der Waals surface area contributed by atoms with Crippen molar-refractivity contribution in [3.8, 4) is 0 Å². The van der Waals surface area contributed by atoms with Crippen LogP contribution in [0.15, 0.2) is 48.8 Å². The van der Waals surface area contributed by atoms with Crippen molar-refractivity contribution in [3.63, 3.8) is 0 Å². The third-order valence-electron chi connectivity index (χ3n) is 3.59. The molecule has 2 rings (SSSR count). The fraction of sp³-hybridized carbons (Fsp3) is 0.333. The molecule has 1 aromatic heterocycles. The van der Waals surface area contributed by atoms with E-state index in [4.69, 9.17) is 0 Å². The Morgan fingerprint density at radius 1 is 1.24 bits per heavy atom. The summed E-state index contributed by atoms with van der Waals surface area (Å²) < 4.78 is 0. The maximum absolute atomic E-state index is 12.1. The van der Waals surface area contributed by atoms with E-state index in [9.17, 15) is 4.79 Å². The van der Waals surface area contributed by atoms with E-state index < -0.39 is 0 Å². The van der Waals surface area contributed by atoms with Gasteiger partial charge < -0.3 is 5.32 Å². The van der Waals surface area contributed by atoms with Gasteiger partial charge in [0.25, 0.3) is 0 Å². The molecule has 1 unspecified atom stereocenters. The van der Waals surface area contributed by atoms with E-state index in [0.717, 1.165) is 24.0 Å². The molecule has 3 nitrogen and oxygen atoms in total. The Hall–Kier alpha value is -2.16. The molecule has 21 heavy (non-hydrogen) atoms. The zero-order chi connectivity index (χ0) is 15.1. The van der Waals surface area contributed by atoms with Crippen molar-refractivity contribution in [2.75, 3.05) is 0 Å². The summed E-state index contributed by atoms with van der Waals surface area (Å²) in [6.07, 6.45) is 5.67. The minimum Gasteiger partial charge on any atom is -0.349 e. The van der Waals surface area contributed by atoms with Gasteiger partial charge in [-0.3, -0.25) is 9.78 Å². The molecule has 1 heterocycles. The summed E-state index contributed by atoms with van der Waals surface area (Å²) >= 11 is 0. The van der Waals surface area contributed by atoms with Crippen molar-refractivity contribution >= 4 is 5.91 Å². The maximum atomic E-state index is 12.1. The minimum atomic E-state index is 0.0891. The van der Waals surface area contributed by atoms with E-state index in [1.807, 2.05) is 18.3 Å². The monoisotopic (exact) mass is 282 g/mol. The van der Waals surface area contributed by atoms with Crippen molar-refractivity contribution < 1.29 is 4.79 Å². The van der Waals surface area contributed by atoms with Gasteiger partial charge in [0.15, 0.2) is 0 Å². The predicted octanol–water partition coefficient (Wildman–Crippen LogP) is 3.59. The highest BCUT2D eigenvalue weighted by molar-refractivity contribution is 5.76. The first kappa shape index (κ1) is 15.2. The molecule has 0 bridgehead atoms. The molecule has 0 radical (unpaired) electrons. The average molecular weight is 282 g/mol. The van der Waals surface area contributed by atoms with E-state index in [1.54, 1.807) is 6.20 Å². The van der Waals surface area contributed by atoms with E-state index >= 15 is 0 Å². The Morgan fingerprint density at radius 2 is 2.00 bits per heavy atom. The Kier molecular flexibility index (Phi) is 5.50. The molecule has 0 aliphatic rings. The minimum absolute atomic E-state index is 0.0891. The summed E-state index contributed by atoms with van der Waals surface area (Å²) in [5.74, 6) is 0.0891. The Bertz CT molecular complexity index is 564. The van der Waals surface area contributed by atoms with Gasteiger partial charge in [-0.1, -0.05) is 42.8 Å². The van der Waals surface area contributed by atoms with Gasteiger partial charge in [-0.25, -0.2) is 0 Å². The lowest BCUT2D eigenvalue weighted by Gasteiger charge is -2.17. The number of hydrogen-bond acceptors (Lipinski definition) is 2. The van der Waals surface area contributed by atoms with Gasteiger partial charge in [0.05, 0.1) is 6.04 Å². The topological polar surface area (TPSA) is 42.0 Å². The number of rotatable bonds is 6. The molecule has 1 N–H and O–H groups in total. The largest absolute Gasteiger partial charge is 0.349 e. The van der Waals surface area contributed by atoms with Crippen LogP contribution in [0.2, 0.25) is 0 Å². The fourth-order valence-electron chi connectivity index (χ4n) is 2.29. The lowest BCUT2D eigenvalue weighted by atomic mass is 10.0. The van der Waals surface area contributed by atoms with Gasteiger partial charge in [0, 0.05) is 18.8 Å². The summed E-state index contributed by atoms with van der Waals surface area (Å²) in [5.41, 5.74) is 3.49. The van der Waals surface area contributed by atoms with Crippen molar-refractivity contribution in [2.45, 2.75) is 39.2 Å². The van der Waals surface area contributed by atoms with Gasteiger partial charge in [0.1, 0.15) is 0 Å². The summed E-state index contributed by atoms with van der Waals surface area (Å²) in [6.45, 7) is 4.16. The normalized spacial score (nSPS) is 11.9. The molecule has 3 heteroatoms. The molecule has 2 aromatic rings. The van der Waals surface area contributed by atoms with Gasteiger partial charge in [-0.05, 0) is 37.0 Å². The average Bonchev–Trinajstić information content (AvgIpc) is 2.52. The first-order valence-corrected chi connectivity index (χ1v) is 7.44. The van der Waals surface area contributed by atoms with Crippen molar-refractivity contribution in [2.24, 2.45) is 0 Å². The fourth-order valence-corrected chi connectivity index (χ4v) is 2.29. The number of aryl methyl sites for hydroxylation is 2. The van der Waals surface area contributed by atoms with E-state index in [0.29, 0.717) is 6.42 Å². The smallest absolute Gasteiger partial charge is 0.220 e. The van der Waals surface area contributed by atoms with Crippen LogP contribution in [0.5, 0.6) is 0 Å². The summed E-state index contributed by atoms with van der Waals surface area (Å²) in [4.78, 5) is 16.2. The lowest BCUT2D eigenvalue weighted by Crippen LogP contribution is -2.28. The molecule has 0 spiro atoms. The van der Waals surface area contributed by atoms with Crippen LogP contribution in [-0.2, 0) is 11.2 Å². The predicted molar refractivity (Wildman–Crippen MR) is 84.9 cm³/mol. The Labute approximate surface area is 126 Å². The molecule has 1 aromatic carbocycles. The van der Waals surface area contributed by atoms with Crippen LogP contribution < -0.4 is 5.32 Å². The van der Waals surface area contributed by atoms with Crippen molar-refractivity contribution in [1.29, 1.82) is 0 Å². The number of pyridine rings is 1. The van der Waals surface area contributed by atoms with Crippen LogP contribution in [0.3, 0.4) is 0 Å². The van der Waals surface area contributed by atoms with Crippen molar-refractivity contribution in [1.82, 2.24) is 10.3 Å². The third-order valence-corrected chi connectivity index (χ3v) is 3.59. The van der Waals surface area contributed by atoms with Crippen LogP contribution in [0.1, 0.15) is 42.5 Å². The number of nitrogens with zero attached hydrogens (tertiary/aromatic N) is 1. The number of nitrogens with one attached hydrogen (secondary N) is 1. The maximum Gasteiger partial charge on any atom is 0.220 e. The van der Waals surface area contributed by atoms with Gasteiger partial charge in [-0.15, -0.1) is 0 Å². The molecule has 0 fully saturated rings. The molecule has 1 amide bonds. The number of carbonyl (C=O) groups is 1. The van der Waals surface area contributed by atoms with Crippen LogP contribution in [-0.4, -0.2) is 10.9 Å². The van der Waals surface area contributed by atoms with Gasteiger partial charge in [-0.2, -0.15) is 0 Å². The molecule has 1 atom stereocenters.